The summed E-state index contributed by atoms with van der Waals surface area (Å²) in [6.07, 6.45) is 3.98. The Hall–Kier alpha value is -1.79. The minimum absolute atomic E-state index is 0.138. The molecule has 3 rings (SSSR count). The van der Waals surface area contributed by atoms with E-state index in [1.165, 1.54) is 36.4 Å². The van der Waals surface area contributed by atoms with Crippen LogP contribution < -0.4 is 5.32 Å². The molecule has 0 bridgehead atoms. The van der Waals surface area contributed by atoms with Crippen molar-refractivity contribution in [3.05, 3.63) is 41.2 Å². The monoisotopic (exact) mass is 347 g/mol. The Balaban J connectivity index is 1.52. The second-order valence-corrected chi connectivity index (χ2v) is 7.32. The first kappa shape index (κ1) is 17.0. The molecular weight excluding hydrogens is 325 g/mol. The Morgan fingerprint density at radius 1 is 1.38 bits per heavy atom. The van der Waals surface area contributed by atoms with Crippen LogP contribution in [0.4, 0.5) is 4.39 Å². The molecule has 1 aromatic carbocycles. The highest BCUT2D eigenvalue weighted by Gasteiger charge is 2.16. The van der Waals surface area contributed by atoms with Gasteiger partial charge in [-0.1, -0.05) is 19.1 Å². The molecule has 1 amide bonds. The number of carbonyl (C=O) groups is 1. The second-order valence-electron chi connectivity index (χ2n) is 6.29. The third-order valence-electron chi connectivity index (χ3n) is 4.42. The molecule has 0 atom stereocenters. The average Bonchev–Trinajstić information content (AvgIpc) is 3.07. The van der Waals surface area contributed by atoms with Crippen molar-refractivity contribution in [2.75, 3.05) is 26.2 Å². The summed E-state index contributed by atoms with van der Waals surface area (Å²) >= 11 is 1.22. The molecule has 0 saturated carbocycles. The summed E-state index contributed by atoms with van der Waals surface area (Å²) < 4.78 is 13.8. The van der Waals surface area contributed by atoms with E-state index >= 15 is 0 Å². The minimum atomic E-state index is -0.321. The largest absolute Gasteiger partial charge is 0.350 e. The lowest BCUT2D eigenvalue weighted by Crippen LogP contribution is -2.39. The molecule has 1 N–H and O–H groups in total. The highest BCUT2D eigenvalue weighted by Crippen LogP contribution is 2.27. The Kier molecular flexibility index (Phi) is 5.58. The summed E-state index contributed by atoms with van der Waals surface area (Å²) in [5.74, 6) is 0.350. The van der Waals surface area contributed by atoms with E-state index in [2.05, 4.69) is 22.1 Å². The zero-order valence-corrected chi connectivity index (χ0v) is 14.6. The number of amides is 1. The Bertz CT molecular complexity index is 695. The lowest BCUT2D eigenvalue weighted by Gasteiger charge is -2.30. The molecule has 2 heterocycles. The quantitative estimate of drug-likeness (QED) is 0.901. The van der Waals surface area contributed by atoms with Gasteiger partial charge in [0, 0.05) is 18.7 Å². The maximum Gasteiger partial charge on any atom is 0.263 e. The maximum atomic E-state index is 13.8. The van der Waals surface area contributed by atoms with Crippen molar-refractivity contribution in [2.45, 2.75) is 19.8 Å². The minimum Gasteiger partial charge on any atom is -0.350 e. The number of piperidine rings is 1. The fourth-order valence-corrected chi connectivity index (χ4v) is 3.70. The summed E-state index contributed by atoms with van der Waals surface area (Å²) in [5.41, 5.74) is 0.434. The standard InChI is InChI=1S/C18H22FN3OS/c1-13-6-9-22(10-7-13)11-8-20-17(23)16-12-21-18(24-16)14-4-2-3-5-15(14)19/h2-5,12-13H,6-11H2,1H3,(H,20,23). The van der Waals surface area contributed by atoms with E-state index in [9.17, 15) is 9.18 Å². The first-order chi connectivity index (χ1) is 11.6. The van der Waals surface area contributed by atoms with E-state index in [1.54, 1.807) is 18.2 Å². The molecule has 128 valence electrons. The molecule has 24 heavy (non-hydrogen) atoms. The van der Waals surface area contributed by atoms with Crippen LogP contribution in [0.1, 0.15) is 29.4 Å². The fraction of sp³-hybridized carbons (Fsp3) is 0.444. The summed E-state index contributed by atoms with van der Waals surface area (Å²) in [6, 6.07) is 6.48. The smallest absolute Gasteiger partial charge is 0.263 e. The number of rotatable bonds is 5. The third kappa shape index (κ3) is 4.19. The van der Waals surface area contributed by atoms with Crippen LogP contribution in [-0.2, 0) is 0 Å². The summed E-state index contributed by atoms with van der Waals surface area (Å²) in [4.78, 5) is 19.3. The van der Waals surface area contributed by atoms with Crippen molar-refractivity contribution in [3.8, 4) is 10.6 Å². The number of thiazole rings is 1. The number of hydrogen-bond acceptors (Lipinski definition) is 4. The van der Waals surface area contributed by atoms with E-state index in [0.717, 1.165) is 25.6 Å². The number of benzene rings is 1. The lowest BCUT2D eigenvalue weighted by molar-refractivity contribution is 0.0948. The highest BCUT2D eigenvalue weighted by molar-refractivity contribution is 7.16. The van der Waals surface area contributed by atoms with Crippen LogP contribution >= 0.6 is 11.3 Å². The van der Waals surface area contributed by atoms with Crippen molar-refractivity contribution in [3.63, 3.8) is 0 Å². The van der Waals surface area contributed by atoms with E-state index in [-0.39, 0.29) is 11.7 Å². The molecule has 1 aliphatic heterocycles. The number of nitrogens with zero attached hydrogens (tertiary/aromatic N) is 2. The zero-order chi connectivity index (χ0) is 16.9. The zero-order valence-electron chi connectivity index (χ0n) is 13.8. The van der Waals surface area contributed by atoms with Crippen molar-refractivity contribution in [1.82, 2.24) is 15.2 Å². The maximum absolute atomic E-state index is 13.8. The van der Waals surface area contributed by atoms with Crippen LogP contribution in [0.2, 0.25) is 0 Å². The van der Waals surface area contributed by atoms with E-state index in [0.29, 0.717) is 22.0 Å². The fourth-order valence-electron chi connectivity index (χ4n) is 2.84. The number of halogens is 1. The number of aromatic nitrogens is 1. The molecule has 2 aromatic rings. The van der Waals surface area contributed by atoms with Gasteiger partial charge in [-0.2, -0.15) is 0 Å². The predicted octanol–water partition coefficient (Wildman–Crippen LogP) is 3.41. The van der Waals surface area contributed by atoms with Crippen molar-refractivity contribution < 1.29 is 9.18 Å². The van der Waals surface area contributed by atoms with Gasteiger partial charge in [-0.15, -0.1) is 11.3 Å². The first-order valence-electron chi connectivity index (χ1n) is 8.35. The van der Waals surface area contributed by atoms with Gasteiger partial charge in [0.25, 0.3) is 5.91 Å². The van der Waals surface area contributed by atoms with Crippen LogP contribution in [0.5, 0.6) is 0 Å². The first-order valence-corrected chi connectivity index (χ1v) is 9.16. The van der Waals surface area contributed by atoms with Crippen LogP contribution in [0.25, 0.3) is 10.6 Å². The normalized spacial score (nSPS) is 16.2. The molecule has 1 saturated heterocycles. The molecule has 6 heteroatoms. The molecule has 0 unspecified atom stereocenters. The number of likely N-dealkylation sites (tertiary alicyclic amines) is 1. The van der Waals surface area contributed by atoms with E-state index < -0.39 is 0 Å². The number of nitrogens with one attached hydrogen (secondary N) is 1. The number of carbonyl (C=O) groups excluding carboxylic acids is 1. The molecule has 1 fully saturated rings. The number of hydrogen-bond donors (Lipinski definition) is 1. The Morgan fingerprint density at radius 2 is 2.12 bits per heavy atom. The van der Waals surface area contributed by atoms with Gasteiger partial charge >= 0.3 is 0 Å². The van der Waals surface area contributed by atoms with Crippen LogP contribution in [-0.4, -0.2) is 42.0 Å². The molecule has 0 radical (unpaired) electrons. The van der Waals surface area contributed by atoms with Crippen LogP contribution in [0, 0.1) is 11.7 Å². The third-order valence-corrected chi connectivity index (χ3v) is 5.45. The summed E-state index contributed by atoms with van der Waals surface area (Å²) in [5, 5.41) is 3.46. The molecule has 0 spiro atoms. The van der Waals surface area contributed by atoms with Crippen LogP contribution in [0.15, 0.2) is 30.5 Å². The van der Waals surface area contributed by atoms with Gasteiger partial charge in [0.05, 0.1) is 6.20 Å². The molecule has 0 aliphatic carbocycles. The van der Waals surface area contributed by atoms with Gasteiger partial charge in [-0.05, 0) is 44.0 Å². The van der Waals surface area contributed by atoms with E-state index in [1.807, 2.05) is 0 Å². The predicted molar refractivity (Wildman–Crippen MR) is 94.7 cm³/mol. The second kappa shape index (κ2) is 7.85. The van der Waals surface area contributed by atoms with Crippen molar-refractivity contribution in [1.29, 1.82) is 0 Å². The molecule has 4 nitrogen and oxygen atoms in total. The van der Waals surface area contributed by atoms with Gasteiger partial charge in [-0.3, -0.25) is 4.79 Å². The lowest BCUT2D eigenvalue weighted by atomic mass is 9.99. The van der Waals surface area contributed by atoms with Crippen molar-refractivity contribution in [2.24, 2.45) is 5.92 Å². The molecule has 1 aliphatic rings. The summed E-state index contributed by atoms with van der Waals surface area (Å²) in [6.45, 7) is 6.00. The van der Waals surface area contributed by atoms with Gasteiger partial charge in [0.1, 0.15) is 15.7 Å². The van der Waals surface area contributed by atoms with Gasteiger partial charge in [0.2, 0.25) is 0 Å². The van der Waals surface area contributed by atoms with Gasteiger partial charge in [0.15, 0.2) is 0 Å². The summed E-state index contributed by atoms with van der Waals surface area (Å²) in [7, 11) is 0. The van der Waals surface area contributed by atoms with Gasteiger partial charge in [-0.25, -0.2) is 9.37 Å². The van der Waals surface area contributed by atoms with Crippen LogP contribution in [0.3, 0.4) is 0 Å². The average molecular weight is 347 g/mol. The molecular formula is C18H22FN3OS. The van der Waals surface area contributed by atoms with E-state index in [4.69, 9.17) is 0 Å². The van der Waals surface area contributed by atoms with Gasteiger partial charge < -0.3 is 10.2 Å². The SMILES string of the molecule is CC1CCN(CCNC(=O)c2cnc(-c3ccccc3F)s2)CC1. The molecule has 1 aromatic heterocycles. The Morgan fingerprint density at radius 3 is 2.88 bits per heavy atom. The topological polar surface area (TPSA) is 45.2 Å². The Labute approximate surface area is 145 Å². The highest BCUT2D eigenvalue weighted by atomic mass is 32.1. The van der Waals surface area contributed by atoms with Crippen molar-refractivity contribution >= 4 is 17.2 Å².